The summed E-state index contributed by atoms with van der Waals surface area (Å²) in [6.45, 7) is 0.504. The molecule has 168 valence electrons. The van der Waals surface area contributed by atoms with Crippen LogP contribution in [0.4, 0.5) is 20.6 Å². The molecule has 0 radical (unpaired) electrons. The molecule has 0 saturated carbocycles. The average molecular weight is 447 g/mol. The number of halogens is 1. The summed E-state index contributed by atoms with van der Waals surface area (Å²) in [7, 11) is 0. The molecule has 0 atom stereocenters. The van der Waals surface area contributed by atoms with Gasteiger partial charge in [-0.25, -0.2) is 9.18 Å². The van der Waals surface area contributed by atoms with Gasteiger partial charge in [-0.15, -0.1) is 0 Å². The standard InChI is InChI=1S/C25H22FN3O4/c26-17-13-16(24(27)23(14-17)29(31)32)7-5-6-12-28-25(30)33-15-22-20-10-3-1-8-18(20)19-9-2-4-11-21(19)22/h1-5,7-11,13-14,22H,6,12,15,27H2,(H,28,30). The number of alkyl carbamates (subject to hydrolysis) is 1. The zero-order valence-electron chi connectivity index (χ0n) is 17.7. The number of nitrogens with two attached hydrogens (primary N) is 1. The Bertz CT molecular complexity index is 1200. The first-order valence-corrected chi connectivity index (χ1v) is 10.4. The molecule has 0 heterocycles. The summed E-state index contributed by atoms with van der Waals surface area (Å²) in [5.74, 6) is -0.762. The van der Waals surface area contributed by atoms with E-state index in [-0.39, 0.29) is 30.3 Å². The van der Waals surface area contributed by atoms with E-state index in [1.165, 1.54) is 6.08 Å². The third-order valence-electron chi connectivity index (χ3n) is 5.57. The van der Waals surface area contributed by atoms with Crippen LogP contribution in [0.2, 0.25) is 0 Å². The Morgan fingerprint density at radius 2 is 1.76 bits per heavy atom. The molecule has 8 heteroatoms. The van der Waals surface area contributed by atoms with Gasteiger partial charge in [-0.05, 0) is 34.7 Å². The van der Waals surface area contributed by atoms with Crippen LogP contribution in [-0.2, 0) is 4.74 Å². The van der Waals surface area contributed by atoms with E-state index >= 15 is 0 Å². The molecule has 1 amide bonds. The third-order valence-corrected chi connectivity index (χ3v) is 5.57. The van der Waals surface area contributed by atoms with Gasteiger partial charge >= 0.3 is 6.09 Å². The van der Waals surface area contributed by atoms with E-state index in [0.717, 1.165) is 34.4 Å². The fourth-order valence-electron chi connectivity index (χ4n) is 4.03. The number of nitrogens with one attached hydrogen (secondary N) is 1. The highest BCUT2D eigenvalue weighted by Gasteiger charge is 2.28. The highest BCUT2D eigenvalue weighted by Crippen LogP contribution is 2.44. The van der Waals surface area contributed by atoms with Gasteiger partial charge in [-0.3, -0.25) is 10.1 Å². The van der Waals surface area contributed by atoms with Crippen molar-refractivity contribution in [2.45, 2.75) is 12.3 Å². The number of nitrogen functional groups attached to an aromatic ring is 1. The van der Waals surface area contributed by atoms with Gasteiger partial charge in [0, 0.05) is 18.0 Å². The van der Waals surface area contributed by atoms with E-state index in [1.54, 1.807) is 6.08 Å². The van der Waals surface area contributed by atoms with Crippen LogP contribution in [0, 0.1) is 15.9 Å². The first-order chi connectivity index (χ1) is 16.0. The molecule has 0 unspecified atom stereocenters. The van der Waals surface area contributed by atoms with Crippen LogP contribution in [-0.4, -0.2) is 24.2 Å². The van der Waals surface area contributed by atoms with E-state index in [9.17, 15) is 19.3 Å². The maximum Gasteiger partial charge on any atom is 0.407 e. The fraction of sp³-hybridized carbons (Fsp3) is 0.160. The molecular weight excluding hydrogens is 425 g/mol. The highest BCUT2D eigenvalue weighted by atomic mass is 19.1. The quantitative estimate of drug-likeness (QED) is 0.222. The lowest BCUT2D eigenvalue weighted by Crippen LogP contribution is -2.26. The lowest BCUT2D eigenvalue weighted by atomic mass is 9.98. The summed E-state index contributed by atoms with van der Waals surface area (Å²) in [5.41, 5.74) is 9.94. The Morgan fingerprint density at radius 1 is 1.12 bits per heavy atom. The van der Waals surface area contributed by atoms with Gasteiger partial charge < -0.3 is 15.8 Å². The highest BCUT2D eigenvalue weighted by molar-refractivity contribution is 5.79. The number of amides is 1. The Labute approximate surface area is 189 Å². The molecule has 0 fully saturated rings. The second-order valence-corrected chi connectivity index (χ2v) is 7.63. The summed E-state index contributed by atoms with van der Waals surface area (Å²) in [5, 5.41) is 13.6. The van der Waals surface area contributed by atoms with Gasteiger partial charge in [0.15, 0.2) is 0 Å². The zero-order valence-corrected chi connectivity index (χ0v) is 17.7. The topological polar surface area (TPSA) is 107 Å². The second-order valence-electron chi connectivity index (χ2n) is 7.63. The van der Waals surface area contributed by atoms with Crippen molar-refractivity contribution in [3.05, 3.63) is 99.4 Å². The van der Waals surface area contributed by atoms with Crippen molar-refractivity contribution in [1.82, 2.24) is 5.32 Å². The summed E-state index contributed by atoms with van der Waals surface area (Å²) >= 11 is 0. The number of fused-ring (bicyclic) bond motifs is 3. The molecule has 0 spiro atoms. The number of nitrogens with zero attached hydrogens (tertiary/aromatic N) is 1. The van der Waals surface area contributed by atoms with E-state index in [4.69, 9.17) is 10.5 Å². The normalized spacial score (nSPS) is 12.4. The summed E-state index contributed by atoms with van der Waals surface area (Å²) in [6.07, 6.45) is 3.02. The van der Waals surface area contributed by atoms with Crippen LogP contribution in [0.3, 0.4) is 0 Å². The van der Waals surface area contributed by atoms with E-state index < -0.39 is 22.5 Å². The third kappa shape index (κ3) is 4.69. The largest absolute Gasteiger partial charge is 0.449 e. The average Bonchev–Trinajstić information content (AvgIpc) is 3.13. The predicted octanol–water partition coefficient (Wildman–Crippen LogP) is 5.26. The molecule has 3 aromatic rings. The Balaban J connectivity index is 1.30. The van der Waals surface area contributed by atoms with E-state index in [1.807, 2.05) is 24.3 Å². The van der Waals surface area contributed by atoms with Crippen molar-refractivity contribution in [2.24, 2.45) is 0 Å². The van der Waals surface area contributed by atoms with Crippen LogP contribution in [0.1, 0.15) is 29.0 Å². The molecule has 0 saturated heterocycles. The monoisotopic (exact) mass is 447 g/mol. The molecule has 3 N–H and O–H groups in total. The van der Waals surface area contributed by atoms with Gasteiger partial charge in [-0.1, -0.05) is 60.7 Å². The van der Waals surface area contributed by atoms with Crippen molar-refractivity contribution < 1.29 is 18.8 Å². The van der Waals surface area contributed by atoms with Crippen LogP contribution < -0.4 is 11.1 Å². The number of carbonyl (C=O) groups is 1. The predicted molar refractivity (Wildman–Crippen MR) is 124 cm³/mol. The van der Waals surface area contributed by atoms with Crippen molar-refractivity contribution in [3.63, 3.8) is 0 Å². The molecule has 0 aromatic heterocycles. The second kappa shape index (κ2) is 9.52. The molecule has 3 aromatic carbocycles. The molecule has 1 aliphatic carbocycles. The smallest absolute Gasteiger partial charge is 0.407 e. The molecular formula is C25H22FN3O4. The minimum Gasteiger partial charge on any atom is -0.449 e. The van der Waals surface area contributed by atoms with E-state index in [2.05, 4.69) is 29.6 Å². The first-order valence-electron chi connectivity index (χ1n) is 10.4. The van der Waals surface area contributed by atoms with E-state index in [0.29, 0.717) is 6.42 Å². The number of ether oxygens (including phenoxy) is 1. The Kier molecular flexibility index (Phi) is 6.35. The Morgan fingerprint density at radius 3 is 2.39 bits per heavy atom. The van der Waals surface area contributed by atoms with Crippen LogP contribution in [0.5, 0.6) is 0 Å². The number of nitro groups is 1. The molecule has 4 rings (SSSR count). The fourth-order valence-corrected chi connectivity index (χ4v) is 4.03. The number of nitro benzene ring substituents is 1. The van der Waals surface area contributed by atoms with Crippen LogP contribution in [0.15, 0.2) is 66.7 Å². The van der Waals surface area contributed by atoms with Crippen LogP contribution in [0.25, 0.3) is 17.2 Å². The maximum atomic E-state index is 13.6. The first kappa shape index (κ1) is 22.0. The lowest BCUT2D eigenvalue weighted by Gasteiger charge is -2.14. The summed E-state index contributed by atoms with van der Waals surface area (Å²) < 4.78 is 19.0. The zero-order chi connectivity index (χ0) is 23.4. The number of rotatable bonds is 7. The van der Waals surface area contributed by atoms with Crippen molar-refractivity contribution in [2.75, 3.05) is 18.9 Å². The number of carbonyl (C=O) groups excluding carboxylic acids is 1. The number of hydrogen-bond donors (Lipinski definition) is 2. The number of hydrogen-bond acceptors (Lipinski definition) is 5. The van der Waals surface area contributed by atoms with Gasteiger partial charge in [0.2, 0.25) is 0 Å². The lowest BCUT2D eigenvalue weighted by molar-refractivity contribution is -0.384. The number of anilines is 1. The van der Waals surface area contributed by atoms with Crippen LogP contribution >= 0.6 is 0 Å². The van der Waals surface area contributed by atoms with Gasteiger partial charge in [-0.2, -0.15) is 0 Å². The Hall–Kier alpha value is -4.20. The maximum absolute atomic E-state index is 13.6. The minimum absolute atomic E-state index is 0.0187. The van der Waals surface area contributed by atoms with Crippen molar-refractivity contribution in [1.29, 1.82) is 0 Å². The van der Waals surface area contributed by atoms with Gasteiger partial charge in [0.25, 0.3) is 5.69 Å². The SMILES string of the molecule is Nc1c(C=CCCNC(=O)OCC2c3ccccc3-c3ccccc32)cc(F)cc1[N+](=O)[O-]. The molecule has 7 nitrogen and oxygen atoms in total. The minimum atomic E-state index is -0.743. The van der Waals surface area contributed by atoms with Gasteiger partial charge in [0.05, 0.1) is 11.0 Å². The number of benzene rings is 3. The van der Waals surface area contributed by atoms with Crippen molar-refractivity contribution >= 4 is 23.5 Å². The summed E-state index contributed by atoms with van der Waals surface area (Å²) in [4.78, 5) is 22.4. The summed E-state index contributed by atoms with van der Waals surface area (Å²) in [6, 6.07) is 18.1. The molecule has 33 heavy (non-hydrogen) atoms. The molecule has 1 aliphatic rings. The molecule has 0 bridgehead atoms. The molecule has 0 aliphatic heterocycles. The van der Waals surface area contributed by atoms with Crippen molar-refractivity contribution in [3.8, 4) is 11.1 Å². The van der Waals surface area contributed by atoms with Gasteiger partial charge in [0.1, 0.15) is 18.1 Å².